The lowest BCUT2D eigenvalue weighted by atomic mass is 10.2. The van der Waals surface area contributed by atoms with Crippen molar-refractivity contribution in [3.8, 4) is 0 Å². The molecule has 3 nitrogen and oxygen atoms in total. The second-order valence-corrected chi connectivity index (χ2v) is 5.26. The molecule has 0 radical (unpaired) electrons. The van der Waals surface area contributed by atoms with Crippen LogP contribution in [0.4, 0.5) is 0 Å². The molecule has 0 bridgehead atoms. The van der Waals surface area contributed by atoms with Gasteiger partial charge in [-0.1, -0.05) is 27.5 Å². The maximum atomic E-state index is 10.4. The monoisotopic (exact) mass is 319 g/mol. The summed E-state index contributed by atoms with van der Waals surface area (Å²) in [5, 5.41) is 9.26. The highest BCUT2D eigenvalue weighted by atomic mass is 79.9. The van der Waals surface area contributed by atoms with E-state index >= 15 is 0 Å². The molecule has 0 amide bonds. The Balaban J connectivity index is 2.47. The van der Waals surface area contributed by atoms with Crippen molar-refractivity contribution in [2.45, 2.75) is 19.4 Å². The van der Waals surface area contributed by atoms with E-state index in [2.05, 4.69) is 20.8 Å². The Hall–Kier alpha value is -0.580. The van der Waals surface area contributed by atoms with Crippen LogP contribution in [0.15, 0.2) is 22.7 Å². The quantitative estimate of drug-likeness (QED) is 0.873. The number of nitrogens with zero attached hydrogens (tertiary/aromatic N) is 1. The van der Waals surface area contributed by atoms with Gasteiger partial charge in [0, 0.05) is 22.5 Å². The summed E-state index contributed by atoms with van der Waals surface area (Å²) in [6, 6.07) is 5.67. The fourth-order valence-corrected chi connectivity index (χ4v) is 2.10. The first-order chi connectivity index (χ1) is 7.99. The lowest BCUT2D eigenvalue weighted by molar-refractivity contribution is -0.137. The van der Waals surface area contributed by atoms with Crippen molar-refractivity contribution >= 4 is 33.5 Å². The van der Waals surface area contributed by atoms with Gasteiger partial charge < -0.3 is 10.0 Å². The number of carbonyl (C=O) groups is 1. The predicted molar refractivity (Wildman–Crippen MR) is 72.4 cm³/mol. The molecule has 1 N–H and O–H groups in total. The van der Waals surface area contributed by atoms with Gasteiger partial charge in [-0.3, -0.25) is 4.79 Å². The predicted octanol–water partition coefficient (Wildman–Crippen LogP) is 3.40. The Kier molecular flexibility index (Phi) is 5.95. The number of carboxylic acid groups (broad SMARTS) is 1. The third-order valence-corrected chi connectivity index (χ3v) is 3.39. The number of hydrogen-bond acceptors (Lipinski definition) is 2. The maximum absolute atomic E-state index is 10.4. The van der Waals surface area contributed by atoms with E-state index in [1.807, 2.05) is 25.2 Å². The van der Waals surface area contributed by atoms with Crippen LogP contribution in [0.3, 0.4) is 0 Å². The molecule has 0 aliphatic carbocycles. The second kappa shape index (κ2) is 6.99. The lowest BCUT2D eigenvalue weighted by Crippen LogP contribution is -2.20. The Labute approximate surface area is 115 Å². The molecule has 0 heterocycles. The van der Waals surface area contributed by atoms with Crippen molar-refractivity contribution in [1.82, 2.24) is 4.90 Å². The maximum Gasteiger partial charge on any atom is 0.303 e. The SMILES string of the molecule is CN(CCCC(=O)O)Cc1cc(Cl)ccc1Br. The zero-order valence-electron chi connectivity index (χ0n) is 9.62. The van der Waals surface area contributed by atoms with Gasteiger partial charge in [-0.25, -0.2) is 0 Å². The molecule has 17 heavy (non-hydrogen) atoms. The van der Waals surface area contributed by atoms with Crippen molar-refractivity contribution < 1.29 is 9.90 Å². The van der Waals surface area contributed by atoms with Gasteiger partial charge in [-0.15, -0.1) is 0 Å². The largest absolute Gasteiger partial charge is 0.481 e. The zero-order chi connectivity index (χ0) is 12.8. The Morgan fingerprint density at radius 3 is 2.88 bits per heavy atom. The summed E-state index contributed by atoms with van der Waals surface area (Å²) in [5.41, 5.74) is 1.11. The summed E-state index contributed by atoms with van der Waals surface area (Å²) in [7, 11) is 1.97. The minimum Gasteiger partial charge on any atom is -0.481 e. The standard InChI is InChI=1S/C12H15BrClNO2/c1-15(6-2-3-12(16)17)8-9-7-10(14)4-5-11(9)13/h4-5,7H,2-3,6,8H2,1H3,(H,16,17). The van der Waals surface area contributed by atoms with E-state index in [-0.39, 0.29) is 6.42 Å². The summed E-state index contributed by atoms with van der Waals surface area (Å²) >= 11 is 9.40. The van der Waals surface area contributed by atoms with Gasteiger partial charge in [0.2, 0.25) is 0 Å². The van der Waals surface area contributed by atoms with E-state index in [0.29, 0.717) is 11.4 Å². The molecule has 94 valence electrons. The van der Waals surface area contributed by atoms with Crippen molar-refractivity contribution in [2.75, 3.05) is 13.6 Å². The Morgan fingerprint density at radius 2 is 2.24 bits per heavy atom. The first-order valence-electron chi connectivity index (χ1n) is 5.33. The van der Waals surface area contributed by atoms with Gasteiger partial charge in [0.1, 0.15) is 0 Å². The van der Waals surface area contributed by atoms with Gasteiger partial charge in [-0.2, -0.15) is 0 Å². The molecule has 0 fully saturated rings. The van der Waals surface area contributed by atoms with Crippen LogP contribution >= 0.6 is 27.5 Å². The van der Waals surface area contributed by atoms with Gasteiger partial charge in [-0.05, 0) is 43.8 Å². The smallest absolute Gasteiger partial charge is 0.303 e. The van der Waals surface area contributed by atoms with Crippen LogP contribution in [0.25, 0.3) is 0 Å². The number of benzene rings is 1. The fourth-order valence-electron chi connectivity index (χ4n) is 1.53. The molecule has 0 atom stereocenters. The molecule has 0 aliphatic rings. The van der Waals surface area contributed by atoms with Crippen molar-refractivity contribution in [2.24, 2.45) is 0 Å². The zero-order valence-corrected chi connectivity index (χ0v) is 12.0. The first-order valence-corrected chi connectivity index (χ1v) is 6.50. The summed E-state index contributed by atoms with van der Waals surface area (Å²) in [6.45, 7) is 1.51. The van der Waals surface area contributed by atoms with Crippen molar-refractivity contribution in [3.63, 3.8) is 0 Å². The molecule has 0 spiro atoms. The normalized spacial score (nSPS) is 10.8. The van der Waals surface area contributed by atoms with Crippen LogP contribution in [0.5, 0.6) is 0 Å². The molecular weight excluding hydrogens is 305 g/mol. The lowest BCUT2D eigenvalue weighted by Gasteiger charge is -2.17. The summed E-state index contributed by atoms with van der Waals surface area (Å²) in [6.07, 6.45) is 0.866. The average Bonchev–Trinajstić information content (AvgIpc) is 2.23. The van der Waals surface area contributed by atoms with Crippen LogP contribution in [-0.4, -0.2) is 29.6 Å². The van der Waals surface area contributed by atoms with Crippen LogP contribution in [0.2, 0.25) is 5.02 Å². The molecule has 1 rings (SSSR count). The highest BCUT2D eigenvalue weighted by Crippen LogP contribution is 2.22. The van der Waals surface area contributed by atoms with Crippen molar-refractivity contribution in [1.29, 1.82) is 0 Å². The molecule has 1 aromatic rings. The molecule has 5 heteroatoms. The van der Waals surface area contributed by atoms with Crippen LogP contribution in [0.1, 0.15) is 18.4 Å². The third-order valence-electron chi connectivity index (χ3n) is 2.38. The third kappa shape index (κ3) is 5.52. The van der Waals surface area contributed by atoms with Crippen LogP contribution in [-0.2, 0) is 11.3 Å². The van der Waals surface area contributed by atoms with E-state index in [4.69, 9.17) is 16.7 Å². The van der Waals surface area contributed by atoms with Gasteiger partial charge in [0.15, 0.2) is 0 Å². The van der Waals surface area contributed by atoms with E-state index in [1.165, 1.54) is 0 Å². The first kappa shape index (κ1) is 14.5. The summed E-state index contributed by atoms with van der Waals surface area (Å²) in [4.78, 5) is 12.5. The Bertz CT molecular complexity index is 398. The topological polar surface area (TPSA) is 40.5 Å². The average molecular weight is 321 g/mol. The summed E-state index contributed by atoms with van der Waals surface area (Å²) in [5.74, 6) is -0.748. The number of carboxylic acids is 1. The van der Waals surface area contributed by atoms with Gasteiger partial charge in [0.25, 0.3) is 0 Å². The summed E-state index contributed by atoms with van der Waals surface area (Å²) < 4.78 is 1.02. The second-order valence-electron chi connectivity index (χ2n) is 3.97. The fraction of sp³-hybridized carbons (Fsp3) is 0.417. The van der Waals surface area contributed by atoms with E-state index in [0.717, 1.165) is 23.1 Å². The molecule has 1 aromatic carbocycles. The number of halogens is 2. The molecule has 0 saturated heterocycles. The van der Waals surface area contributed by atoms with Crippen molar-refractivity contribution in [3.05, 3.63) is 33.3 Å². The van der Waals surface area contributed by atoms with E-state index in [1.54, 1.807) is 0 Å². The van der Waals surface area contributed by atoms with Crippen LogP contribution in [0, 0.1) is 0 Å². The highest BCUT2D eigenvalue weighted by molar-refractivity contribution is 9.10. The van der Waals surface area contributed by atoms with Gasteiger partial charge in [0.05, 0.1) is 0 Å². The minimum atomic E-state index is -0.748. The number of aliphatic carboxylic acids is 1. The number of rotatable bonds is 6. The minimum absolute atomic E-state index is 0.209. The highest BCUT2D eigenvalue weighted by Gasteiger charge is 2.06. The molecule has 0 aromatic heterocycles. The molecule has 0 unspecified atom stereocenters. The van der Waals surface area contributed by atoms with E-state index < -0.39 is 5.97 Å². The molecular formula is C12H15BrClNO2. The molecule has 0 saturated carbocycles. The number of hydrogen-bond donors (Lipinski definition) is 1. The Morgan fingerprint density at radius 1 is 1.53 bits per heavy atom. The van der Waals surface area contributed by atoms with Crippen LogP contribution < -0.4 is 0 Å². The van der Waals surface area contributed by atoms with E-state index in [9.17, 15) is 4.79 Å². The molecule has 0 aliphatic heterocycles. The van der Waals surface area contributed by atoms with Gasteiger partial charge >= 0.3 is 5.97 Å².